The van der Waals surface area contributed by atoms with E-state index < -0.39 is 0 Å². The second-order valence-corrected chi connectivity index (χ2v) is 7.45. The molecule has 1 amide bonds. The van der Waals surface area contributed by atoms with Crippen molar-refractivity contribution in [1.82, 2.24) is 4.98 Å². The standard InChI is InChI=1S/C17H20ClN3OS/c1-11-16(23-12(2)19-11)17(22)20-14-10-13(18)6-7-15(14)21-8-4-3-5-9-21/h6-7,10H,3-5,8-9H2,1-2H3,(H,20,22). The van der Waals surface area contributed by atoms with Crippen LogP contribution in [0.25, 0.3) is 0 Å². The van der Waals surface area contributed by atoms with E-state index in [2.05, 4.69) is 15.2 Å². The Kier molecular flexibility index (Phi) is 4.87. The van der Waals surface area contributed by atoms with Gasteiger partial charge in [0.15, 0.2) is 0 Å². The van der Waals surface area contributed by atoms with Gasteiger partial charge in [-0.2, -0.15) is 0 Å². The number of piperidine rings is 1. The van der Waals surface area contributed by atoms with Crippen molar-refractivity contribution in [2.45, 2.75) is 33.1 Å². The van der Waals surface area contributed by atoms with Crippen LogP contribution in [0.2, 0.25) is 5.02 Å². The number of hydrogen-bond donors (Lipinski definition) is 1. The van der Waals surface area contributed by atoms with Gasteiger partial charge in [0.05, 0.1) is 22.1 Å². The molecular weight excluding hydrogens is 330 g/mol. The van der Waals surface area contributed by atoms with Gasteiger partial charge in [-0.25, -0.2) is 4.98 Å². The minimum absolute atomic E-state index is 0.117. The van der Waals surface area contributed by atoms with E-state index in [0.717, 1.165) is 35.2 Å². The Balaban J connectivity index is 1.87. The molecular formula is C17H20ClN3OS. The van der Waals surface area contributed by atoms with Gasteiger partial charge in [-0.05, 0) is 51.3 Å². The van der Waals surface area contributed by atoms with Crippen molar-refractivity contribution in [2.24, 2.45) is 0 Å². The summed E-state index contributed by atoms with van der Waals surface area (Å²) in [6.07, 6.45) is 3.64. The number of carbonyl (C=O) groups is 1. The lowest BCUT2D eigenvalue weighted by atomic mass is 10.1. The summed E-state index contributed by atoms with van der Waals surface area (Å²) in [6, 6.07) is 5.70. The molecule has 0 bridgehead atoms. The molecule has 0 radical (unpaired) electrons. The summed E-state index contributed by atoms with van der Waals surface area (Å²) < 4.78 is 0. The highest BCUT2D eigenvalue weighted by Gasteiger charge is 2.19. The molecule has 4 nitrogen and oxygen atoms in total. The number of nitrogens with one attached hydrogen (secondary N) is 1. The molecule has 1 fully saturated rings. The molecule has 0 unspecified atom stereocenters. The van der Waals surface area contributed by atoms with Crippen molar-refractivity contribution in [3.05, 3.63) is 38.8 Å². The van der Waals surface area contributed by atoms with Crippen molar-refractivity contribution in [3.8, 4) is 0 Å². The Bertz CT molecular complexity index is 723. The molecule has 1 saturated heterocycles. The molecule has 0 atom stereocenters. The number of amides is 1. The van der Waals surface area contributed by atoms with Gasteiger partial charge in [-0.3, -0.25) is 4.79 Å². The third-order valence-electron chi connectivity index (χ3n) is 4.01. The molecule has 122 valence electrons. The number of hydrogen-bond acceptors (Lipinski definition) is 4. The van der Waals surface area contributed by atoms with Gasteiger partial charge < -0.3 is 10.2 Å². The second kappa shape index (κ2) is 6.89. The Morgan fingerprint density at radius 1 is 1.26 bits per heavy atom. The van der Waals surface area contributed by atoms with E-state index in [4.69, 9.17) is 11.6 Å². The summed E-state index contributed by atoms with van der Waals surface area (Å²) in [5.74, 6) is -0.117. The molecule has 6 heteroatoms. The summed E-state index contributed by atoms with van der Waals surface area (Å²) in [7, 11) is 0. The maximum absolute atomic E-state index is 12.6. The quantitative estimate of drug-likeness (QED) is 0.876. The molecule has 23 heavy (non-hydrogen) atoms. The predicted molar refractivity (Wildman–Crippen MR) is 97.1 cm³/mol. The van der Waals surface area contributed by atoms with Gasteiger partial charge in [0.25, 0.3) is 5.91 Å². The zero-order valence-electron chi connectivity index (χ0n) is 13.4. The van der Waals surface area contributed by atoms with E-state index in [-0.39, 0.29) is 5.91 Å². The number of nitrogens with zero attached hydrogens (tertiary/aromatic N) is 2. The Morgan fingerprint density at radius 3 is 2.65 bits per heavy atom. The average molecular weight is 350 g/mol. The molecule has 1 N–H and O–H groups in total. The fraction of sp³-hybridized carbons (Fsp3) is 0.412. The first kappa shape index (κ1) is 16.3. The SMILES string of the molecule is Cc1nc(C)c(C(=O)Nc2cc(Cl)ccc2N2CCCCC2)s1. The van der Waals surface area contributed by atoms with Crippen molar-refractivity contribution >= 4 is 40.2 Å². The summed E-state index contributed by atoms with van der Waals surface area (Å²) in [6.45, 7) is 5.81. The highest BCUT2D eigenvalue weighted by Crippen LogP contribution is 2.32. The normalized spacial score (nSPS) is 14.8. The van der Waals surface area contributed by atoms with Gasteiger partial charge in [0, 0.05) is 18.1 Å². The molecule has 0 aliphatic carbocycles. The number of aromatic nitrogens is 1. The largest absolute Gasteiger partial charge is 0.370 e. The first-order chi connectivity index (χ1) is 11.0. The van der Waals surface area contributed by atoms with Crippen molar-refractivity contribution in [2.75, 3.05) is 23.3 Å². The zero-order valence-corrected chi connectivity index (χ0v) is 14.9. The van der Waals surface area contributed by atoms with Crippen LogP contribution in [0.15, 0.2) is 18.2 Å². The van der Waals surface area contributed by atoms with Gasteiger partial charge in [0.1, 0.15) is 4.88 Å². The smallest absolute Gasteiger partial charge is 0.267 e. The number of thiazole rings is 1. The van der Waals surface area contributed by atoms with Crippen LogP contribution in [0.5, 0.6) is 0 Å². The number of rotatable bonds is 3. The third-order valence-corrected chi connectivity index (χ3v) is 5.32. The molecule has 2 heterocycles. The Hall–Kier alpha value is -1.59. The van der Waals surface area contributed by atoms with Crippen LogP contribution >= 0.6 is 22.9 Å². The van der Waals surface area contributed by atoms with Crippen LogP contribution in [0.1, 0.15) is 39.6 Å². The van der Waals surface area contributed by atoms with E-state index in [9.17, 15) is 4.79 Å². The van der Waals surface area contributed by atoms with Crippen LogP contribution in [0, 0.1) is 13.8 Å². The number of carbonyl (C=O) groups excluding carboxylic acids is 1. The molecule has 0 saturated carbocycles. The number of aryl methyl sites for hydroxylation is 2. The van der Waals surface area contributed by atoms with E-state index in [1.807, 2.05) is 32.0 Å². The molecule has 0 spiro atoms. The number of benzene rings is 1. The minimum Gasteiger partial charge on any atom is -0.370 e. The minimum atomic E-state index is -0.117. The summed E-state index contributed by atoms with van der Waals surface area (Å²) >= 11 is 7.56. The topological polar surface area (TPSA) is 45.2 Å². The molecule has 1 aromatic heterocycles. The van der Waals surface area contributed by atoms with E-state index in [1.165, 1.54) is 30.6 Å². The van der Waals surface area contributed by atoms with Crippen LogP contribution in [-0.4, -0.2) is 24.0 Å². The van der Waals surface area contributed by atoms with Gasteiger partial charge >= 0.3 is 0 Å². The van der Waals surface area contributed by atoms with Crippen LogP contribution in [0.4, 0.5) is 11.4 Å². The second-order valence-electron chi connectivity index (χ2n) is 5.81. The van der Waals surface area contributed by atoms with Gasteiger partial charge in [-0.1, -0.05) is 11.6 Å². The van der Waals surface area contributed by atoms with Gasteiger partial charge in [-0.15, -0.1) is 11.3 Å². The fourth-order valence-corrected chi connectivity index (χ4v) is 3.93. The molecule has 1 aliphatic rings. The van der Waals surface area contributed by atoms with Crippen molar-refractivity contribution in [1.29, 1.82) is 0 Å². The highest BCUT2D eigenvalue weighted by atomic mass is 35.5. The number of anilines is 2. The maximum Gasteiger partial charge on any atom is 0.267 e. The highest BCUT2D eigenvalue weighted by molar-refractivity contribution is 7.13. The molecule has 2 aromatic rings. The molecule has 1 aromatic carbocycles. The molecule has 1 aliphatic heterocycles. The van der Waals surface area contributed by atoms with Crippen LogP contribution in [0.3, 0.4) is 0 Å². The lowest BCUT2D eigenvalue weighted by Gasteiger charge is -2.30. The fourth-order valence-electron chi connectivity index (χ4n) is 2.94. The maximum atomic E-state index is 12.6. The van der Waals surface area contributed by atoms with Crippen molar-refractivity contribution in [3.63, 3.8) is 0 Å². The molecule has 3 rings (SSSR count). The van der Waals surface area contributed by atoms with Gasteiger partial charge in [0.2, 0.25) is 0 Å². The zero-order chi connectivity index (χ0) is 16.4. The Morgan fingerprint density at radius 2 is 2.00 bits per heavy atom. The summed E-state index contributed by atoms with van der Waals surface area (Å²) in [4.78, 5) is 19.9. The predicted octanol–water partition coefficient (Wildman–Crippen LogP) is 4.66. The summed E-state index contributed by atoms with van der Waals surface area (Å²) in [5, 5.41) is 4.55. The van der Waals surface area contributed by atoms with E-state index in [0.29, 0.717) is 9.90 Å². The monoisotopic (exact) mass is 349 g/mol. The third kappa shape index (κ3) is 3.67. The van der Waals surface area contributed by atoms with Crippen LogP contribution in [-0.2, 0) is 0 Å². The van der Waals surface area contributed by atoms with E-state index >= 15 is 0 Å². The Labute approximate surface area is 145 Å². The lowest BCUT2D eigenvalue weighted by Crippen LogP contribution is -2.30. The first-order valence-corrected chi connectivity index (χ1v) is 9.04. The van der Waals surface area contributed by atoms with E-state index in [1.54, 1.807) is 0 Å². The summed E-state index contributed by atoms with van der Waals surface area (Å²) in [5.41, 5.74) is 2.59. The average Bonchev–Trinajstić information content (AvgIpc) is 2.87. The lowest BCUT2D eigenvalue weighted by molar-refractivity contribution is 0.103. The number of halogens is 1. The van der Waals surface area contributed by atoms with Crippen molar-refractivity contribution < 1.29 is 4.79 Å². The van der Waals surface area contributed by atoms with Crippen LogP contribution < -0.4 is 10.2 Å². The first-order valence-electron chi connectivity index (χ1n) is 7.84.